The maximum Gasteiger partial charge on any atom is 0.338 e. The van der Waals surface area contributed by atoms with E-state index in [1.165, 1.54) is 28.9 Å². The van der Waals surface area contributed by atoms with Crippen LogP contribution in [-0.2, 0) is 4.74 Å². The summed E-state index contributed by atoms with van der Waals surface area (Å²) < 4.78 is 5.97. The Balaban J connectivity index is 1.82. The van der Waals surface area contributed by atoms with Crippen molar-refractivity contribution in [1.82, 2.24) is 0 Å². The molecule has 25 heavy (non-hydrogen) atoms. The number of carbonyl (C=O) groups excluding carboxylic acids is 1. The van der Waals surface area contributed by atoms with E-state index in [9.17, 15) is 9.90 Å². The molecule has 0 radical (unpaired) electrons. The highest BCUT2D eigenvalue weighted by Crippen LogP contribution is 2.45. The summed E-state index contributed by atoms with van der Waals surface area (Å²) in [5, 5.41) is 9.40. The Bertz CT molecular complexity index is 709. The third-order valence-corrected chi connectivity index (χ3v) is 5.87. The third kappa shape index (κ3) is 3.65. The van der Waals surface area contributed by atoms with Crippen molar-refractivity contribution in [3.8, 4) is 5.75 Å². The molecule has 2 aliphatic rings. The molecule has 1 aromatic rings. The molecule has 0 aliphatic heterocycles. The van der Waals surface area contributed by atoms with Gasteiger partial charge in [0.05, 0.1) is 5.56 Å². The normalized spacial score (nSPS) is 26.3. The first-order valence-corrected chi connectivity index (χ1v) is 9.22. The summed E-state index contributed by atoms with van der Waals surface area (Å²) in [7, 11) is 0. The molecule has 0 fully saturated rings. The average molecular weight is 340 g/mol. The SMILES string of the molecule is CC1=CCC2=C(C)CC(OC(=O)c3ccc(O)cc3)C(C(C)C)CC12. The lowest BCUT2D eigenvalue weighted by atomic mass is 9.81. The Morgan fingerprint density at radius 2 is 1.88 bits per heavy atom. The van der Waals surface area contributed by atoms with Crippen LogP contribution in [0.4, 0.5) is 0 Å². The van der Waals surface area contributed by atoms with E-state index in [4.69, 9.17) is 4.74 Å². The van der Waals surface area contributed by atoms with Crippen molar-refractivity contribution in [2.24, 2.45) is 17.8 Å². The predicted octanol–water partition coefficient (Wildman–Crippen LogP) is 5.27. The van der Waals surface area contributed by atoms with Gasteiger partial charge in [-0.25, -0.2) is 4.79 Å². The van der Waals surface area contributed by atoms with Gasteiger partial charge in [-0.05, 0) is 62.8 Å². The Morgan fingerprint density at radius 1 is 1.20 bits per heavy atom. The van der Waals surface area contributed by atoms with E-state index in [0.717, 1.165) is 19.3 Å². The van der Waals surface area contributed by atoms with E-state index in [1.54, 1.807) is 12.1 Å². The van der Waals surface area contributed by atoms with Crippen LogP contribution in [0.25, 0.3) is 0 Å². The minimum Gasteiger partial charge on any atom is -0.508 e. The summed E-state index contributed by atoms with van der Waals surface area (Å²) in [5.41, 5.74) is 4.87. The molecular formula is C22H28O3. The van der Waals surface area contributed by atoms with Crippen LogP contribution >= 0.6 is 0 Å². The molecule has 134 valence electrons. The second-order valence-electron chi connectivity index (χ2n) is 7.85. The van der Waals surface area contributed by atoms with Crippen molar-refractivity contribution in [3.63, 3.8) is 0 Å². The fourth-order valence-corrected chi connectivity index (χ4v) is 4.27. The molecule has 3 rings (SSSR count). The van der Waals surface area contributed by atoms with E-state index in [1.807, 2.05) is 0 Å². The maximum atomic E-state index is 12.6. The summed E-state index contributed by atoms with van der Waals surface area (Å²) in [4.78, 5) is 12.6. The second-order valence-corrected chi connectivity index (χ2v) is 7.85. The predicted molar refractivity (Wildman–Crippen MR) is 99.4 cm³/mol. The zero-order valence-corrected chi connectivity index (χ0v) is 15.6. The number of carbonyl (C=O) groups is 1. The van der Waals surface area contributed by atoms with E-state index in [-0.39, 0.29) is 17.8 Å². The van der Waals surface area contributed by atoms with Crippen LogP contribution in [-0.4, -0.2) is 17.2 Å². The minimum absolute atomic E-state index is 0.0906. The number of phenols is 1. The van der Waals surface area contributed by atoms with Gasteiger partial charge in [-0.2, -0.15) is 0 Å². The molecule has 0 saturated carbocycles. The molecule has 2 aliphatic carbocycles. The zero-order chi connectivity index (χ0) is 18.1. The molecule has 3 unspecified atom stereocenters. The van der Waals surface area contributed by atoms with Gasteiger partial charge in [0.25, 0.3) is 0 Å². The van der Waals surface area contributed by atoms with Gasteiger partial charge in [-0.1, -0.05) is 36.6 Å². The number of fused-ring (bicyclic) bond motifs is 1. The summed E-state index contributed by atoms with van der Waals surface area (Å²) in [5.74, 6) is 1.18. The molecule has 3 heteroatoms. The van der Waals surface area contributed by atoms with Crippen LogP contribution in [0.1, 0.15) is 57.3 Å². The molecule has 1 aromatic carbocycles. The average Bonchev–Trinajstić information content (AvgIpc) is 2.85. The third-order valence-electron chi connectivity index (χ3n) is 5.87. The van der Waals surface area contributed by atoms with Crippen LogP contribution in [0.2, 0.25) is 0 Å². The maximum absolute atomic E-state index is 12.6. The van der Waals surface area contributed by atoms with Crippen molar-refractivity contribution >= 4 is 5.97 Å². The quantitative estimate of drug-likeness (QED) is 0.602. The number of esters is 1. The van der Waals surface area contributed by atoms with Gasteiger partial charge in [0, 0.05) is 12.3 Å². The molecule has 1 N–H and O–H groups in total. The molecule has 0 amide bonds. The van der Waals surface area contributed by atoms with Gasteiger partial charge >= 0.3 is 5.97 Å². The lowest BCUT2D eigenvalue weighted by molar-refractivity contribution is 0.00461. The van der Waals surface area contributed by atoms with Crippen molar-refractivity contribution in [2.75, 3.05) is 0 Å². The van der Waals surface area contributed by atoms with Gasteiger partial charge in [-0.15, -0.1) is 0 Å². The van der Waals surface area contributed by atoms with Gasteiger partial charge in [0.15, 0.2) is 0 Å². The van der Waals surface area contributed by atoms with E-state index in [0.29, 0.717) is 23.3 Å². The zero-order valence-electron chi connectivity index (χ0n) is 15.6. The standard InChI is InChI=1S/C22H28O3/c1-13(2)19-12-20-14(3)5-10-18(20)15(4)11-21(19)25-22(24)16-6-8-17(23)9-7-16/h5-9,13,19-21,23H,10-12H2,1-4H3. The smallest absolute Gasteiger partial charge is 0.338 e. The number of ether oxygens (including phenoxy) is 1. The van der Waals surface area contributed by atoms with Crippen LogP contribution in [0.3, 0.4) is 0 Å². The van der Waals surface area contributed by atoms with Crippen molar-refractivity contribution in [1.29, 1.82) is 0 Å². The Labute approximate surface area is 150 Å². The number of aromatic hydroxyl groups is 1. The summed E-state index contributed by atoms with van der Waals surface area (Å²) >= 11 is 0. The van der Waals surface area contributed by atoms with Crippen LogP contribution < -0.4 is 0 Å². The summed E-state index contributed by atoms with van der Waals surface area (Å²) in [6, 6.07) is 6.28. The van der Waals surface area contributed by atoms with Gasteiger partial charge < -0.3 is 9.84 Å². The number of hydrogen-bond acceptors (Lipinski definition) is 3. The lowest BCUT2D eigenvalue weighted by Crippen LogP contribution is -2.31. The fraction of sp³-hybridized carbons (Fsp3) is 0.500. The largest absolute Gasteiger partial charge is 0.508 e. The van der Waals surface area contributed by atoms with Crippen molar-refractivity contribution < 1.29 is 14.6 Å². The molecule has 0 aromatic heterocycles. The van der Waals surface area contributed by atoms with E-state index < -0.39 is 0 Å². The highest BCUT2D eigenvalue weighted by Gasteiger charge is 2.37. The number of allylic oxidation sites excluding steroid dienone is 3. The summed E-state index contributed by atoms with van der Waals surface area (Å²) in [6.45, 7) is 8.87. The molecule has 3 nitrogen and oxygen atoms in total. The Kier molecular flexibility index (Phi) is 5.03. The lowest BCUT2D eigenvalue weighted by Gasteiger charge is -2.30. The van der Waals surface area contributed by atoms with E-state index >= 15 is 0 Å². The Hall–Kier alpha value is -2.03. The van der Waals surface area contributed by atoms with Crippen LogP contribution in [0.15, 0.2) is 47.1 Å². The highest BCUT2D eigenvalue weighted by molar-refractivity contribution is 5.89. The van der Waals surface area contributed by atoms with Crippen molar-refractivity contribution in [2.45, 2.75) is 53.1 Å². The summed E-state index contributed by atoms with van der Waals surface area (Å²) in [6.07, 6.45) is 5.18. The number of benzene rings is 1. The first-order valence-electron chi connectivity index (χ1n) is 9.22. The number of rotatable bonds is 3. The molecule has 0 bridgehead atoms. The first-order chi connectivity index (χ1) is 11.9. The highest BCUT2D eigenvalue weighted by atomic mass is 16.5. The number of hydrogen-bond donors (Lipinski definition) is 1. The monoisotopic (exact) mass is 340 g/mol. The molecule has 3 atom stereocenters. The molecule has 0 spiro atoms. The van der Waals surface area contributed by atoms with Gasteiger partial charge in [0.2, 0.25) is 0 Å². The second kappa shape index (κ2) is 7.07. The molecule has 0 saturated heterocycles. The fourth-order valence-electron chi connectivity index (χ4n) is 4.27. The first kappa shape index (κ1) is 17.8. The number of phenolic OH excluding ortho intramolecular Hbond substituents is 1. The van der Waals surface area contributed by atoms with Gasteiger partial charge in [-0.3, -0.25) is 0 Å². The van der Waals surface area contributed by atoms with E-state index in [2.05, 4.69) is 33.8 Å². The van der Waals surface area contributed by atoms with Gasteiger partial charge in [0.1, 0.15) is 11.9 Å². The molecule has 0 heterocycles. The van der Waals surface area contributed by atoms with Crippen molar-refractivity contribution in [3.05, 3.63) is 52.6 Å². The minimum atomic E-state index is -0.298. The Morgan fingerprint density at radius 3 is 2.52 bits per heavy atom. The topological polar surface area (TPSA) is 46.5 Å². The van der Waals surface area contributed by atoms with Crippen LogP contribution in [0, 0.1) is 17.8 Å². The molecular weight excluding hydrogens is 312 g/mol. The van der Waals surface area contributed by atoms with Crippen LogP contribution in [0.5, 0.6) is 5.75 Å².